The lowest BCUT2D eigenvalue weighted by atomic mass is 9.87. The van der Waals surface area contributed by atoms with Gasteiger partial charge in [0.1, 0.15) is 0 Å². The first kappa shape index (κ1) is 15.4. The van der Waals surface area contributed by atoms with Crippen LogP contribution in [0.25, 0.3) is 12.2 Å². The summed E-state index contributed by atoms with van der Waals surface area (Å²) in [5, 5.41) is 12.8. The second kappa shape index (κ2) is 6.75. The van der Waals surface area contributed by atoms with Crippen LogP contribution in [0.3, 0.4) is 0 Å². The van der Waals surface area contributed by atoms with Gasteiger partial charge in [0.15, 0.2) is 5.78 Å². The van der Waals surface area contributed by atoms with Crippen LogP contribution < -0.4 is 5.11 Å². The van der Waals surface area contributed by atoms with Crippen molar-refractivity contribution in [2.75, 3.05) is 0 Å². The maximum Gasteiger partial charge on any atom is 0.185 e. The third-order valence-corrected chi connectivity index (χ3v) is 4.64. The van der Waals surface area contributed by atoms with Crippen LogP contribution in [0, 0.1) is 0 Å². The number of hydrogen-bond acceptors (Lipinski definition) is 4. The SMILES string of the molecule is O=C1/C(=C\c2cccs2)CCC/C1=C\c1ccc(C(=O)[O-])cc1. The van der Waals surface area contributed by atoms with Crippen LogP contribution in [0.1, 0.15) is 40.1 Å². The molecule has 0 spiro atoms. The van der Waals surface area contributed by atoms with Crippen molar-refractivity contribution in [3.05, 3.63) is 68.9 Å². The summed E-state index contributed by atoms with van der Waals surface area (Å²) in [4.78, 5) is 24.4. The van der Waals surface area contributed by atoms with Gasteiger partial charge in [0.2, 0.25) is 0 Å². The van der Waals surface area contributed by atoms with Crippen molar-refractivity contribution >= 4 is 35.2 Å². The fraction of sp³-hybridized carbons (Fsp3) is 0.158. The molecule has 1 heterocycles. The first-order valence-corrected chi connectivity index (χ1v) is 8.32. The van der Waals surface area contributed by atoms with Crippen molar-refractivity contribution in [2.45, 2.75) is 19.3 Å². The van der Waals surface area contributed by atoms with Crippen LogP contribution in [0.5, 0.6) is 0 Å². The normalized spacial score (nSPS) is 18.5. The van der Waals surface area contributed by atoms with Crippen LogP contribution in [0.15, 0.2) is 52.9 Å². The summed E-state index contributed by atoms with van der Waals surface area (Å²) in [5.74, 6) is -1.10. The molecule has 116 valence electrons. The van der Waals surface area contributed by atoms with Crippen LogP contribution >= 0.6 is 11.3 Å². The van der Waals surface area contributed by atoms with Crippen LogP contribution in [0.4, 0.5) is 0 Å². The molecular formula is C19H15O3S-. The lowest BCUT2D eigenvalue weighted by Gasteiger charge is -2.16. The summed E-state index contributed by atoms with van der Waals surface area (Å²) < 4.78 is 0. The fourth-order valence-electron chi connectivity index (χ4n) is 2.64. The molecule has 1 saturated carbocycles. The Labute approximate surface area is 138 Å². The summed E-state index contributed by atoms with van der Waals surface area (Å²) in [6, 6.07) is 10.4. The zero-order valence-corrected chi connectivity index (χ0v) is 13.3. The topological polar surface area (TPSA) is 57.2 Å². The van der Waals surface area contributed by atoms with E-state index in [2.05, 4.69) is 0 Å². The molecule has 0 saturated heterocycles. The van der Waals surface area contributed by atoms with Gasteiger partial charge in [-0.3, -0.25) is 4.79 Å². The molecule has 4 heteroatoms. The van der Waals surface area contributed by atoms with Crippen LogP contribution in [0.2, 0.25) is 0 Å². The first-order valence-electron chi connectivity index (χ1n) is 7.44. The standard InChI is InChI=1S/C19H16O3S/c20-18-15(11-13-6-8-14(9-7-13)19(21)22)3-1-4-16(18)12-17-5-2-10-23-17/h2,5-12H,1,3-4H2,(H,21,22)/p-1/b15-11+,16-12-. The molecule has 1 aliphatic rings. The number of hydrogen-bond donors (Lipinski definition) is 0. The molecule has 0 aliphatic heterocycles. The lowest BCUT2D eigenvalue weighted by Crippen LogP contribution is -2.21. The van der Waals surface area contributed by atoms with E-state index in [0.29, 0.717) is 0 Å². The predicted molar refractivity (Wildman–Crippen MR) is 89.9 cm³/mol. The molecule has 1 fully saturated rings. The number of carboxylic acid groups (broad SMARTS) is 1. The minimum Gasteiger partial charge on any atom is -0.545 e. The summed E-state index contributed by atoms with van der Waals surface area (Å²) in [6.45, 7) is 0. The third-order valence-electron chi connectivity index (χ3n) is 3.82. The number of Topliss-reactive ketones (excluding diaryl/α,β-unsaturated/α-hetero) is 1. The highest BCUT2D eigenvalue weighted by atomic mass is 32.1. The number of rotatable bonds is 3. The van der Waals surface area contributed by atoms with Crippen molar-refractivity contribution < 1.29 is 14.7 Å². The van der Waals surface area contributed by atoms with Gasteiger partial charge in [0, 0.05) is 16.0 Å². The van der Waals surface area contributed by atoms with Gasteiger partial charge >= 0.3 is 0 Å². The van der Waals surface area contributed by atoms with Crippen molar-refractivity contribution in [3.63, 3.8) is 0 Å². The van der Waals surface area contributed by atoms with Crippen molar-refractivity contribution in [2.24, 2.45) is 0 Å². The van der Waals surface area contributed by atoms with E-state index in [1.54, 1.807) is 23.5 Å². The van der Waals surface area contributed by atoms with Gasteiger partial charge in [-0.05, 0) is 54.0 Å². The maximum absolute atomic E-state index is 12.6. The van der Waals surface area contributed by atoms with E-state index >= 15 is 0 Å². The van der Waals surface area contributed by atoms with E-state index in [9.17, 15) is 14.7 Å². The Hall–Kier alpha value is -2.46. The molecule has 1 aromatic heterocycles. The number of carboxylic acids is 1. The van der Waals surface area contributed by atoms with Crippen molar-refractivity contribution in [3.8, 4) is 0 Å². The minimum absolute atomic E-state index is 0.0913. The predicted octanol–water partition coefficient (Wildman–Crippen LogP) is 3.33. The van der Waals surface area contributed by atoms with Gasteiger partial charge in [0.25, 0.3) is 0 Å². The largest absolute Gasteiger partial charge is 0.545 e. The molecule has 0 bridgehead atoms. The number of thiophene rings is 1. The Morgan fingerprint density at radius 1 is 1.04 bits per heavy atom. The van der Waals surface area contributed by atoms with E-state index < -0.39 is 5.97 Å². The van der Waals surface area contributed by atoms with E-state index in [1.807, 2.05) is 29.7 Å². The molecule has 3 nitrogen and oxygen atoms in total. The Balaban J connectivity index is 1.84. The number of allylic oxidation sites excluding steroid dienone is 2. The summed E-state index contributed by atoms with van der Waals surface area (Å²) in [6.07, 6.45) is 6.33. The molecule has 0 radical (unpaired) electrons. The van der Waals surface area contributed by atoms with E-state index in [4.69, 9.17) is 0 Å². The van der Waals surface area contributed by atoms with E-state index in [0.717, 1.165) is 40.8 Å². The van der Waals surface area contributed by atoms with Crippen molar-refractivity contribution in [1.29, 1.82) is 0 Å². The van der Waals surface area contributed by atoms with Gasteiger partial charge in [-0.1, -0.05) is 30.3 Å². The highest BCUT2D eigenvalue weighted by molar-refractivity contribution is 7.10. The van der Waals surface area contributed by atoms with Crippen LogP contribution in [-0.4, -0.2) is 11.8 Å². The second-order valence-corrected chi connectivity index (χ2v) is 6.43. The smallest absolute Gasteiger partial charge is 0.185 e. The van der Waals surface area contributed by atoms with E-state index in [1.165, 1.54) is 12.1 Å². The van der Waals surface area contributed by atoms with Gasteiger partial charge in [0.05, 0.1) is 5.97 Å². The molecule has 1 aliphatic carbocycles. The molecule has 0 unspecified atom stereocenters. The Morgan fingerprint density at radius 2 is 1.74 bits per heavy atom. The molecule has 3 rings (SSSR count). The number of aromatic carboxylic acids is 1. The molecule has 2 aromatic rings. The fourth-order valence-corrected chi connectivity index (χ4v) is 3.32. The number of carbonyl (C=O) groups excluding carboxylic acids is 2. The van der Waals surface area contributed by atoms with Gasteiger partial charge in [-0.15, -0.1) is 11.3 Å². The monoisotopic (exact) mass is 323 g/mol. The zero-order valence-electron chi connectivity index (χ0n) is 12.5. The Morgan fingerprint density at radius 3 is 2.35 bits per heavy atom. The quantitative estimate of drug-likeness (QED) is 0.814. The number of ketones is 1. The summed E-state index contributed by atoms with van der Waals surface area (Å²) in [5.41, 5.74) is 2.59. The summed E-state index contributed by atoms with van der Waals surface area (Å²) >= 11 is 1.62. The van der Waals surface area contributed by atoms with Crippen LogP contribution in [-0.2, 0) is 4.79 Å². The Kier molecular flexibility index (Phi) is 4.53. The average Bonchev–Trinajstić information content (AvgIpc) is 3.05. The molecule has 0 atom stereocenters. The van der Waals surface area contributed by atoms with Gasteiger partial charge in [-0.25, -0.2) is 0 Å². The molecule has 0 N–H and O–H groups in total. The number of carbonyl (C=O) groups is 2. The highest BCUT2D eigenvalue weighted by Crippen LogP contribution is 2.28. The van der Waals surface area contributed by atoms with Gasteiger partial charge in [-0.2, -0.15) is 0 Å². The molecular weight excluding hydrogens is 308 g/mol. The van der Waals surface area contributed by atoms with Gasteiger partial charge < -0.3 is 9.90 Å². The minimum atomic E-state index is -1.20. The first-order chi connectivity index (χ1) is 11.1. The van der Waals surface area contributed by atoms with Crippen molar-refractivity contribution in [1.82, 2.24) is 0 Å². The zero-order chi connectivity index (χ0) is 16.2. The number of benzene rings is 1. The second-order valence-electron chi connectivity index (χ2n) is 5.45. The maximum atomic E-state index is 12.6. The molecule has 23 heavy (non-hydrogen) atoms. The highest BCUT2D eigenvalue weighted by Gasteiger charge is 2.20. The molecule has 1 aromatic carbocycles. The summed E-state index contributed by atoms with van der Waals surface area (Å²) in [7, 11) is 0. The lowest BCUT2D eigenvalue weighted by molar-refractivity contribution is -0.255. The van der Waals surface area contributed by atoms with E-state index in [-0.39, 0.29) is 11.3 Å². The third kappa shape index (κ3) is 3.66. The Bertz CT molecular complexity index is 781. The molecule has 0 amide bonds. The average molecular weight is 323 g/mol.